The number of hydrogen-bond acceptors (Lipinski definition) is 7. The minimum Gasteiger partial charge on any atom is -0.472 e. The summed E-state index contributed by atoms with van der Waals surface area (Å²) in [7, 11) is 0. The third-order valence-corrected chi connectivity index (χ3v) is 7.16. The van der Waals surface area contributed by atoms with Gasteiger partial charge < -0.3 is 14.7 Å². The van der Waals surface area contributed by atoms with Crippen molar-refractivity contribution in [2.75, 3.05) is 6.54 Å². The molecule has 2 fully saturated rings. The fourth-order valence-electron chi connectivity index (χ4n) is 5.46. The van der Waals surface area contributed by atoms with Gasteiger partial charge in [-0.1, -0.05) is 13.0 Å². The van der Waals surface area contributed by atoms with Gasteiger partial charge in [-0.05, 0) is 60.9 Å². The Kier molecular flexibility index (Phi) is 5.41. The first-order chi connectivity index (χ1) is 16.3. The summed E-state index contributed by atoms with van der Waals surface area (Å²) in [6.45, 7) is 3.96. The lowest BCUT2D eigenvalue weighted by Gasteiger charge is -2.33. The molecule has 170 valence electrons. The molecular weight excluding hydrogens is 414 g/mol. The van der Waals surface area contributed by atoms with Gasteiger partial charge in [-0.25, -0.2) is 15.4 Å². The van der Waals surface area contributed by atoms with Crippen LogP contribution in [0.5, 0.6) is 0 Å². The minimum absolute atomic E-state index is 0.113. The highest BCUT2D eigenvalue weighted by Crippen LogP contribution is 2.44. The summed E-state index contributed by atoms with van der Waals surface area (Å²) in [5.74, 6) is 1.89. The number of fused-ring (bicyclic) bond motifs is 2. The Morgan fingerprint density at radius 2 is 2.15 bits per heavy atom. The van der Waals surface area contributed by atoms with Crippen LogP contribution in [0.15, 0.2) is 53.7 Å². The van der Waals surface area contributed by atoms with E-state index in [1.54, 1.807) is 12.5 Å². The molecule has 5 heterocycles. The molecule has 1 aliphatic carbocycles. The van der Waals surface area contributed by atoms with Crippen molar-refractivity contribution in [3.05, 3.63) is 66.3 Å². The van der Waals surface area contributed by atoms with E-state index >= 15 is 0 Å². The smallest absolute Gasteiger partial charge is 0.178 e. The fourth-order valence-corrected chi connectivity index (χ4v) is 5.46. The molecule has 4 unspecified atom stereocenters. The molecule has 8 heteroatoms. The van der Waals surface area contributed by atoms with Crippen LogP contribution in [0.2, 0.25) is 0 Å². The van der Waals surface area contributed by atoms with Crippen LogP contribution >= 0.6 is 0 Å². The lowest BCUT2D eigenvalue weighted by atomic mass is 9.73. The topological polar surface area (TPSA) is 104 Å². The highest BCUT2D eigenvalue weighted by molar-refractivity contribution is 5.89. The molecule has 2 aliphatic rings. The zero-order valence-electron chi connectivity index (χ0n) is 18.7. The Hall–Kier alpha value is -3.07. The second-order valence-electron chi connectivity index (χ2n) is 9.14. The van der Waals surface area contributed by atoms with Crippen LogP contribution in [0.25, 0.3) is 22.3 Å². The highest BCUT2D eigenvalue weighted by atomic mass is 16.3. The van der Waals surface area contributed by atoms with Gasteiger partial charge in [-0.15, -0.1) is 0 Å². The SMILES string of the molecule is CCNCc1cncc(C2CCC3NNC(c4nc5nccc(-c6ccoc6)c5[nH]4)C3C2)c1. The van der Waals surface area contributed by atoms with Crippen LogP contribution in [-0.2, 0) is 6.54 Å². The summed E-state index contributed by atoms with van der Waals surface area (Å²) in [6, 6.07) is 6.85. The zero-order chi connectivity index (χ0) is 22.2. The average Bonchev–Trinajstić information content (AvgIpc) is 3.61. The number of nitrogens with zero attached hydrogens (tertiary/aromatic N) is 3. The van der Waals surface area contributed by atoms with Crippen molar-refractivity contribution in [1.82, 2.24) is 36.1 Å². The molecular formula is C25H29N7O. The van der Waals surface area contributed by atoms with Gasteiger partial charge in [-0.3, -0.25) is 10.4 Å². The molecule has 8 nitrogen and oxygen atoms in total. The van der Waals surface area contributed by atoms with Gasteiger partial charge in [0.2, 0.25) is 0 Å². The Morgan fingerprint density at radius 1 is 1.18 bits per heavy atom. The Balaban J connectivity index is 1.27. The highest BCUT2D eigenvalue weighted by Gasteiger charge is 2.42. The van der Waals surface area contributed by atoms with Gasteiger partial charge in [0.1, 0.15) is 5.82 Å². The van der Waals surface area contributed by atoms with Crippen molar-refractivity contribution in [1.29, 1.82) is 0 Å². The number of rotatable bonds is 6. The molecule has 0 radical (unpaired) electrons. The fraction of sp³-hybridized carbons (Fsp3) is 0.400. The summed E-state index contributed by atoms with van der Waals surface area (Å²) in [6.07, 6.45) is 12.7. The van der Waals surface area contributed by atoms with Crippen LogP contribution in [0.4, 0.5) is 0 Å². The summed E-state index contributed by atoms with van der Waals surface area (Å²) < 4.78 is 5.29. The normalized spacial score (nSPS) is 24.9. The molecule has 6 rings (SSSR count). The van der Waals surface area contributed by atoms with Crippen LogP contribution in [0.1, 0.15) is 55.1 Å². The maximum atomic E-state index is 5.29. The number of aromatic nitrogens is 4. The monoisotopic (exact) mass is 443 g/mol. The molecule has 4 atom stereocenters. The first-order valence-corrected chi connectivity index (χ1v) is 11.8. The summed E-state index contributed by atoms with van der Waals surface area (Å²) >= 11 is 0. The summed E-state index contributed by atoms with van der Waals surface area (Å²) in [5.41, 5.74) is 13.4. The largest absolute Gasteiger partial charge is 0.472 e. The molecule has 33 heavy (non-hydrogen) atoms. The minimum atomic E-state index is 0.113. The summed E-state index contributed by atoms with van der Waals surface area (Å²) in [4.78, 5) is 17.5. The number of hydrazine groups is 1. The van der Waals surface area contributed by atoms with E-state index in [4.69, 9.17) is 9.40 Å². The van der Waals surface area contributed by atoms with Gasteiger partial charge in [0, 0.05) is 42.3 Å². The van der Waals surface area contributed by atoms with Crippen LogP contribution in [0.3, 0.4) is 0 Å². The van der Waals surface area contributed by atoms with Crippen molar-refractivity contribution in [3.63, 3.8) is 0 Å². The first kappa shape index (κ1) is 20.5. The molecule has 1 aliphatic heterocycles. The van der Waals surface area contributed by atoms with Crippen LogP contribution in [-0.4, -0.2) is 32.5 Å². The van der Waals surface area contributed by atoms with E-state index in [0.29, 0.717) is 17.9 Å². The molecule has 4 aromatic heterocycles. The van der Waals surface area contributed by atoms with E-state index in [2.05, 4.69) is 44.1 Å². The van der Waals surface area contributed by atoms with Crippen molar-refractivity contribution < 1.29 is 4.42 Å². The van der Waals surface area contributed by atoms with E-state index in [-0.39, 0.29) is 6.04 Å². The zero-order valence-corrected chi connectivity index (χ0v) is 18.7. The maximum absolute atomic E-state index is 5.29. The number of furan rings is 1. The molecule has 1 saturated carbocycles. The molecule has 4 N–H and O–H groups in total. The number of H-pyrrole nitrogens is 1. The van der Waals surface area contributed by atoms with E-state index in [9.17, 15) is 0 Å². The standard InChI is InChI=1S/C25H29N7O/c1-2-26-11-15-9-18(13-27-12-15)16-3-4-21-20(10-16)23(32-31-21)25-29-22-19(17-6-8-33-14-17)5-7-28-24(22)30-25/h5-9,12-14,16,20-21,23,26,31-32H,2-4,10-11H2,1H3,(H,28,29,30). The molecule has 0 spiro atoms. The van der Waals surface area contributed by atoms with Crippen molar-refractivity contribution in [2.24, 2.45) is 5.92 Å². The first-order valence-electron chi connectivity index (χ1n) is 11.8. The number of aromatic amines is 1. The van der Waals surface area contributed by atoms with Gasteiger partial charge in [0.05, 0.1) is 24.1 Å². The number of imidazole rings is 1. The van der Waals surface area contributed by atoms with E-state index in [1.807, 2.05) is 30.7 Å². The number of nitrogens with one attached hydrogen (secondary N) is 4. The van der Waals surface area contributed by atoms with E-state index in [1.165, 1.54) is 17.5 Å². The quantitative estimate of drug-likeness (QED) is 0.359. The maximum Gasteiger partial charge on any atom is 0.178 e. The lowest BCUT2D eigenvalue weighted by molar-refractivity contribution is 0.274. The van der Waals surface area contributed by atoms with Gasteiger partial charge in [0.15, 0.2) is 5.65 Å². The van der Waals surface area contributed by atoms with Crippen molar-refractivity contribution in [3.8, 4) is 11.1 Å². The Morgan fingerprint density at radius 3 is 3.03 bits per heavy atom. The molecule has 1 saturated heterocycles. The predicted molar refractivity (Wildman–Crippen MR) is 126 cm³/mol. The van der Waals surface area contributed by atoms with Gasteiger partial charge in [0.25, 0.3) is 0 Å². The number of hydrogen-bond donors (Lipinski definition) is 4. The summed E-state index contributed by atoms with van der Waals surface area (Å²) in [5, 5.41) is 3.40. The molecule has 0 bridgehead atoms. The average molecular weight is 444 g/mol. The Labute approximate surface area is 192 Å². The molecule has 4 aromatic rings. The predicted octanol–water partition coefficient (Wildman–Crippen LogP) is 3.82. The third kappa shape index (κ3) is 3.84. The van der Waals surface area contributed by atoms with E-state index in [0.717, 1.165) is 54.0 Å². The number of pyridine rings is 2. The van der Waals surface area contributed by atoms with Crippen molar-refractivity contribution >= 4 is 11.2 Å². The second kappa shape index (κ2) is 8.70. The van der Waals surface area contributed by atoms with Gasteiger partial charge >= 0.3 is 0 Å². The Bertz CT molecular complexity index is 1230. The lowest BCUT2D eigenvalue weighted by Crippen LogP contribution is -2.34. The molecule has 0 aromatic carbocycles. The van der Waals surface area contributed by atoms with E-state index < -0.39 is 0 Å². The van der Waals surface area contributed by atoms with Crippen molar-refractivity contribution in [2.45, 2.75) is 50.7 Å². The molecule has 0 amide bonds. The second-order valence-corrected chi connectivity index (χ2v) is 9.14. The third-order valence-electron chi connectivity index (χ3n) is 7.16. The van der Waals surface area contributed by atoms with Crippen LogP contribution in [0, 0.1) is 5.92 Å². The van der Waals surface area contributed by atoms with Gasteiger partial charge in [-0.2, -0.15) is 0 Å². The van der Waals surface area contributed by atoms with Crippen LogP contribution < -0.4 is 16.2 Å².